The summed E-state index contributed by atoms with van der Waals surface area (Å²) in [6.45, 7) is 2.72. The molecule has 0 aliphatic carbocycles. The summed E-state index contributed by atoms with van der Waals surface area (Å²) < 4.78 is 6.63. The van der Waals surface area contributed by atoms with Crippen LogP contribution in [0.3, 0.4) is 0 Å². The van der Waals surface area contributed by atoms with Gasteiger partial charge in [-0.05, 0) is 24.5 Å². The van der Waals surface area contributed by atoms with E-state index in [2.05, 4.69) is 11.2 Å². The first-order valence-electron chi connectivity index (χ1n) is 6.87. The van der Waals surface area contributed by atoms with Gasteiger partial charge >= 0.3 is 5.97 Å². The van der Waals surface area contributed by atoms with E-state index in [9.17, 15) is 4.79 Å². The maximum atomic E-state index is 11.6. The normalized spacial score (nSPS) is 10.1. The van der Waals surface area contributed by atoms with Gasteiger partial charge in [0.15, 0.2) is 0 Å². The zero-order valence-electron chi connectivity index (χ0n) is 12.0. The van der Waals surface area contributed by atoms with Crippen LogP contribution in [-0.2, 0) is 17.7 Å². The minimum absolute atomic E-state index is 0.351. The van der Waals surface area contributed by atoms with E-state index < -0.39 is 0 Å². The van der Waals surface area contributed by atoms with Gasteiger partial charge < -0.3 is 4.74 Å². The summed E-state index contributed by atoms with van der Waals surface area (Å²) in [7, 11) is 0. The lowest BCUT2D eigenvalue weighted by Gasteiger charge is -2.03. The van der Waals surface area contributed by atoms with Crippen molar-refractivity contribution in [3.8, 4) is 6.07 Å². The Kier molecular flexibility index (Phi) is 5.10. The molecule has 0 bridgehead atoms. The molecular formula is C16H17N3O2. The second-order valence-electron chi connectivity index (χ2n) is 4.62. The highest BCUT2D eigenvalue weighted by Crippen LogP contribution is 2.09. The SMILES string of the molecule is CCOC(=O)c1cnn(Cc2ccc(CCC#N)cc2)c1. The molecule has 5 nitrogen and oxygen atoms in total. The average Bonchev–Trinajstić information content (AvgIpc) is 2.95. The number of benzene rings is 1. The molecule has 0 amide bonds. The van der Waals surface area contributed by atoms with Crippen molar-refractivity contribution in [3.63, 3.8) is 0 Å². The second kappa shape index (κ2) is 7.25. The number of nitriles is 1. The summed E-state index contributed by atoms with van der Waals surface area (Å²) in [5, 5.41) is 12.7. The van der Waals surface area contributed by atoms with E-state index in [0.717, 1.165) is 17.5 Å². The fourth-order valence-corrected chi connectivity index (χ4v) is 1.97. The lowest BCUT2D eigenvalue weighted by molar-refractivity contribution is 0.0526. The highest BCUT2D eigenvalue weighted by molar-refractivity contribution is 5.88. The summed E-state index contributed by atoms with van der Waals surface area (Å²) in [5.41, 5.74) is 2.70. The number of ether oxygens (including phenoxy) is 1. The molecular weight excluding hydrogens is 266 g/mol. The fourth-order valence-electron chi connectivity index (χ4n) is 1.97. The molecule has 1 aromatic heterocycles. The summed E-state index contributed by atoms with van der Waals surface area (Å²) in [4.78, 5) is 11.6. The van der Waals surface area contributed by atoms with Crippen LogP contribution in [-0.4, -0.2) is 22.4 Å². The average molecular weight is 283 g/mol. The summed E-state index contributed by atoms with van der Waals surface area (Å²) in [6, 6.07) is 10.2. The molecule has 0 N–H and O–H groups in total. The first kappa shape index (κ1) is 14.8. The minimum atomic E-state index is -0.351. The number of aryl methyl sites for hydroxylation is 1. The van der Waals surface area contributed by atoms with Crippen molar-refractivity contribution in [1.29, 1.82) is 5.26 Å². The van der Waals surface area contributed by atoms with Gasteiger partial charge in [0.05, 0.1) is 31.0 Å². The van der Waals surface area contributed by atoms with E-state index in [4.69, 9.17) is 10.00 Å². The van der Waals surface area contributed by atoms with Crippen molar-refractivity contribution in [1.82, 2.24) is 9.78 Å². The molecule has 2 aromatic rings. The zero-order valence-corrected chi connectivity index (χ0v) is 12.0. The molecule has 0 spiro atoms. The first-order chi connectivity index (χ1) is 10.2. The maximum absolute atomic E-state index is 11.6. The van der Waals surface area contributed by atoms with Crippen LogP contribution in [0, 0.1) is 11.3 Å². The molecule has 1 aromatic carbocycles. The van der Waals surface area contributed by atoms with Crippen molar-refractivity contribution < 1.29 is 9.53 Å². The van der Waals surface area contributed by atoms with E-state index in [1.165, 1.54) is 6.20 Å². The quantitative estimate of drug-likeness (QED) is 0.764. The Morgan fingerprint density at radius 2 is 2.05 bits per heavy atom. The monoisotopic (exact) mass is 283 g/mol. The van der Waals surface area contributed by atoms with Crippen molar-refractivity contribution in [3.05, 3.63) is 53.3 Å². The molecule has 0 aliphatic heterocycles. The summed E-state index contributed by atoms with van der Waals surface area (Å²) >= 11 is 0. The lowest BCUT2D eigenvalue weighted by atomic mass is 10.1. The van der Waals surface area contributed by atoms with Gasteiger partial charge in [-0.2, -0.15) is 10.4 Å². The third-order valence-electron chi connectivity index (χ3n) is 3.04. The van der Waals surface area contributed by atoms with Gasteiger partial charge in [0.2, 0.25) is 0 Å². The number of rotatable bonds is 6. The molecule has 0 saturated heterocycles. The Morgan fingerprint density at radius 3 is 2.71 bits per heavy atom. The van der Waals surface area contributed by atoms with Crippen LogP contribution in [0.5, 0.6) is 0 Å². The molecule has 21 heavy (non-hydrogen) atoms. The van der Waals surface area contributed by atoms with Crippen LogP contribution >= 0.6 is 0 Å². The third-order valence-corrected chi connectivity index (χ3v) is 3.04. The van der Waals surface area contributed by atoms with Gasteiger partial charge in [-0.15, -0.1) is 0 Å². The summed E-state index contributed by atoms with van der Waals surface area (Å²) in [6.07, 6.45) is 4.49. The van der Waals surface area contributed by atoms with Crippen molar-refractivity contribution in [2.45, 2.75) is 26.3 Å². The van der Waals surface area contributed by atoms with E-state index >= 15 is 0 Å². The lowest BCUT2D eigenvalue weighted by Crippen LogP contribution is -2.04. The molecule has 0 unspecified atom stereocenters. The number of hydrogen-bond donors (Lipinski definition) is 0. The predicted molar refractivity (Wildman–Crippen MR) is 77.7 cm³/mol. The first-order valence-corrected chi connectivity index (χ1v) is 6.87. The number of nitrogens with zero attached hydrogens (tertiary/aromatic N) is 3. The van der Waals surface area contributed by atoms with Gasteiger partial charge in [0.25, 0.3) is 0 Å². The van der Waals surface area contributed by atoms with Gasteiger partial charge in [-0.3, -0.25) is 4.68 Å². The molecule has 0 fully saturated rings. The topological polar surface area (TPSA) is 67.9 Å². The smallest absolute Gasteiger partial charge is 0.341 e. The Balaban J connectivity index is 1.98. The number of esters is 1. The number of hydrogen-bond acceptors (Lipinski definition) is 4. The van der Waals surface area contributed by atoms with E-state index in [0.29, 0.717) is 25.1 Å². The second-order valence-corrected chi connectivity index (χ2v) is 4.62. The largest absolute Gasteiger partial charge is 0.462 e. The van der Waals surface area contributed by atoms with Crippen LogP contribution < -0.4 is 0 Å². The third kappa shape index (κ3) is 4.18. The van der Waals surface area contributed by atoms with Gasteiger partial charge in [-0.25, -0.2) is 4.79 Å². The highest BCUT2D eigenvalue weighted by atomic mass is 16.5. The van der Waals surface area contributed by atoms with E-state index in [-0.39, 0.29) is 5.97 Å². The van der Waals surface area contributed by atoms with Gasteiger partial charge in [0.1, 0.15) is 0 Å². The van der Waals surface area contributed by atoms with Crippen LogP contribution in [0.15, 0.2) is 36.7 Å². The van der Waals surface area contributed by atoms with Crippen molar-refractivity contribution in [2.24, 2.45) is 0 Å². The molecule has 108 valence electrons. The van der Waals surface area contributed by atoms with Crippen LogP contribution in [0.2, 0.25) is 0 Å². The molecule has 0 atom stereocenters. The van der Waals surface area contributed by atoms with Gasteiger partial charge in [-0.1, -0.05) is 24.3 Å². The Bertz CT molecular complexity index is 638. The molecule has 0 saturated carbocycles. The van der Waals surface area contributed by atoms with Crippen LogP contribution in [0.1, 0.15) is 34.8 Å². The molecule has 2 rings (SSSR count). The standard InChI is InChI=1S/C16H17N3O2/c1-2-21-16(20)15-10-18-19(12-15)11-14-7-5-13(6-8-14)4-3-9-17/h5-8,10,12H,2-4,11H2,1H3. The summed E-state index contributed by atoms with van der Waals surface area (Å²) in [5.74, 6) is -0.351. The van der Waals surface area contributed by atoms with Crippen LogP contribution in [0.25, 0.3) is 0 Å². The fraction of sp³-hybridized carbons (Fsp3) is 0.312. The number of aromatic nitrogens is 2. The molecule has 0 aliphatic rings. The van der Waals surface area contributed by atoms with Gasteiger partial charge in [0, 0.05) is 12.6 Å². The maximum Gasteiger partial charge on any atom is 0.341 e. The zero-order chi connectivity index (χ0) is 15.1. The van der Waals surface area contributed by atoms with Crippen LogP contribution in [0.4, 0.5) is 0 Å². The molecule has 5 heteroatoms. The Labute approximate surface area is 123 Å². The van der Waals surface area contributed by atoms with E-state index in [1.807, 2.05) is 24.3 Å². The minimum Gasteiger partial charge on any atom is -0.462 e. The number of carbonyl (C=O) groups excluding carboxylic acids is 1. The van der Waals surface area contributed by atoms with Crippen molar-refractivity contribution >= 4 is 5.97 Å². The Hall–Kier alpha value is -2.61. The Morgan fingerprint density at radius 1 is 1.33 bits per heavy atom. The number of carbonyl (C=O) groups is 1. The van der Waals surface area contributed by atoms with Crippen molar-refractivity contribution in [2.75, 3.05) is 6.61 Å². The highest BCUT2D eigenvalue weighted by Gasteiger charge is 2.09. The molecule has 0 radical (unpaired) electrons. The molecule has 1 heterocycles. The predicted octanol–water partition coefficient (Wildman–Crippen LogP) is 2.56. The van der Waals surface area contributed by atoms with E-state index in [1.54, 1.807) is 17.8 Å².